The van der Waals surface area contributed by atoms with Crippen LogP contribution in [0.3, 0.4) is 0 Å². The van der Waals surface area contributed by atoms with Crippen LogP contribution < -0.4 is 0 Å². The zero-order chi connectivity index (χ0) is 31.8. The fourth-order valence-electron chi connectivity index (χ4n) is 4.87. The average Bonchev–Trinajstić information content (AvgIpc) is 3.60. The Morgan fingerprint density at radius 1 is 0.442 bits per heavy atom. The maximum atomic E-state index is 11.7. The number of carbonyl (C=O) groups excluding carboxylic acids is 4. The van der Waals surface area contributed by atoms with Crippen molar-refractivity contribution in [1.29, 1.82) is 0 Å². The second kappa shape index (κ2) is 15.3. The van der Waals surface area contributed by atoms with E-state index in [4.69, 9.17) is 18.9 Å². The molecule has 0 amide bonds. The Hall–Kier alpha value is -3.44. The molecular weight excluding hydrogens is 556 g/mol. The Morgan fingerprint density at radius 2 is 0.674 bits per heavy atom. The lowest BCUT2D eigenvalue weighted by atomic mass is 10.1. The molecule has 238 valence electrons. The SMILES string of the molecule is CC(C)CC1N=C(CC2=NC(CC(C)C)C(=O)O2)OC1=O.CC(C)CC1N=C(CCC2=NC(CC(C)C)C(=O)O2)OC1=O. The minimum Gasteiger partial charge on any atom is -0.410 e. The van der Waals surface area contributed by atoms with Crippen molar-refractivity contribution in [2.24, 2.45) is 43.6 Å². The van der Waals surface area contributed by atoms with Crippen molar-refractivity contribution >= 4 is 47.5 Å². The van der Waals surface area contributed by atoms with Gasteiger partial charge in [-0.2, -0.15) is 0 Å². The molecule has 0 N–H and O–H groups in total. The van der Waals surface area contributed by atoms with Gasteiger partial charge in [0.2, 0.25) is 11.8 Å². The molecule has 0 bridgehead atoms. The number of aliphatic imine (C=N–C) groups is 4. The van der Waals surface area contributed by atoms with Gasteiger partial charge in [0.1, 0.15) is 6.42 Å². The van der Waals surface area contributed by atoms with Crippen LogP contribution >= 0.6 is 0 Å². The molecule has 4 heterocycles. The predicted octanol–water partition coefficient (Wildman–Crippen LogP) is 4.62. The van der Waals surface area contributed by atoms with Gasteiger partial charge in [-0.15, -0.1) is 0 Å². The monoisotopic (exact) mass is 602 g/mol. The van der Waals surface area contributed by atoms with Crippen molar-refractivity contribution in [3.8, 4) is 0 Å². The molecule has 0 aliphatic carbocycles. The van der Waals surface area contributed by atoms with Gasteiger partial charge in [0, 0.05) is 12.8 Å². The van der Waals surface area contributed by atoms with Crippen LogP contribution in [0.15, 0.2) is 20.0 Å². The Balaban J connectivity index is 0.000000236. The molecule has 0 aromatic carbocycles. The standard InChI is InChI=1S/C16H24N2O4.C15H22N2O4/c1-9(2)7-11-15(19)21-13(17-11)5-6-14-18-12(8-10(3)4)16(20)22-14;1-8(2)5-10-14(18)20-12(16-10)7-13-17-11(6-9(3)4)15(19)21-13/h9-12H,5-8H2,1-4H3;8-11H,5-7H2,1-4H3. The van der Waals surface area contributed by atoms with Gasteiger partial charge < -0.3 is 18.9 Å². The predicted molar refractivity (Wildman–Crippen MR) is 161 cm³/mol. The van der Waals surface area contributed by atoms with Crippen LogP contribution in [0.4, 0.5) is 0 Å². The second-order valence-electron chi connectivity index (χ2n) is 13.0. The number of esters is 4. The summed E-state index contributed by atoms with van der Waals surface area (Å²) in [5.74, 6) is 1.69. The minimum atomic E-state index is -0.441. The average molecular weight is 603 g/mol. The quantitative estimate of drug-likeness (QED) is 0.218. The molecule has 4 unspecified atom stereocenters. The highest BCUT2D eigenvalue weighted by Gasteiger charge is 2.35. The molecule has 43 heavy (non-hydrogen) atoms. The molecule has 12 nitrogen and oxygen atoms in total. The molecule has 0 saturated carbocycles. The molecule has 0 saturated heterocycles. The van der Waals surface area contributed by atoms with Gasteiger partial charge in [-0.05, 0) is 49.4 Å². The maximum Gasteiger partial charge on any atom is 0.337 e. The lowest BCUT2D eigenvalue weighted by Gasteiger charge is -2.05. The van der Waals surface area contributed by atoms with Gasteiger partial charge in [0.05, 0.1) is 0 Å². The Bertz CT molecular complexity index is 1090. The second-order valence-corrected chi connectivity index (χ2v) is 13.0. The van der Waals surface area contributed by atoms with E-state index >= 15 is 0 Å². The van der Waals surface area contributed by atoms with Gasteiger partial charge >= 0.3 is 23.9 Å². The molecule has 0 fully saturated rings. The van der Waals surface area contributed by atoms with E-state index in [1.807, 2.05) is 55.4 Å². The van der Waals surface area contributed by atoms with E-state index in [-0.39, 0.29) is 30.3 Å². The van der Waals surface area contributed by atoms with E-state index in [0.29, 0.717) is 85.8 Å². The fourth-order valence-corrected chi connectivity index (χ4v) is 4.87. The third kappa shape index (κ3) is 10.7. The van der Waals surface area contributed by atoms with Gasteiger partial charge in [-0.3, -0.25) is 0 Å². The van der Waals surface area contributed by atoms with Crippen molar-refractivity contribution < 1.29 is 38.1 Å². The first-order valence-corrected chi connectivity index (χ1v) is 15.3. The number of hydrogen-bond donors (Lipinski definition) is 0. The molecule has 0 aromatic rings. The largest absolute Gasteiger partial charge is 0.410 e. The first-order valence-electron chi connectivity index (χ1n) is 15.3. The Labute approximate surface area is 253 Å². The summed E-state index contributed by atoms with van der Waals surface area (Å²) in [5.41, 5.74) is 0. The van der Waals surface area contributed by atoms with Crippen LogP contribution in [0.1, 0.15) is 100 Å². The van der Waals surface area contributed by atoms with Crippen molar-refractivity contribution in [2.75, 3.05) is 0 Å². The zero-order valence-corrected chi connectivity index (χ0v) is 26.6. The summed E-state index contributed by atoms with van der Waals surface area (Å²) in [6, 6.07) is -1.66. The summed E-state index contributed by atoms with van der Waals surface area (Å²) in [6.45, 7) is 16.3. The first kappa shape index (κ1) is 34.1. The lowest BCUT2D eigenvalue weighted by molar-refractivity contribution is -0.136. The normalized spacial score (nSPS) is 24.9. The van der Waals surface area contributed by atoms with Crippen molar-refractivity contribution in [1.82, 2.24) is 0 Å². The first-order chi connectivity index (χ1) is 20.2. The highest BCUT2D eigenvalue weighted by Crippen LogP contribution is 2.22. The Morgan fingerprint density at radius 3 is 0.930 bits per heavy atom. The highest BCUT2D eigenvalue weighted by atomic mass is 16.6. The van der Waals surface area contributed by atoms with Crippen LogP contribution in [-0.2, 0) is 38.1 Å². The zero-order valence-electron chi connectivity index (χ0n) is 26.6. The molecule has 4 aliphatic rings. The summed E-state index contributed by atoms with van der Waals surface area (Å²) in [5, 5.41) is 0. The number of cyclic esters (lactones) is 4. The molecule has 0 radical (unpaired) electrons. The topological polar surface area (TPSA) is 155 Å². The van der Waals surface area contributed by atoms with Gasteiger partial charge in [0.15, 0.2) is 36.0 Å². The third-order valence-corrected chi connectivity index (χ3v) is 6.80. The molecule has 0 spiro atoms. The summed E-state index contributed by atoms with van der Waals surface area (Å²) in [7, 11) is 0. The van der Waals surface area contributed by atoms with Crippen LogP contribution in [0, 0.1) is 23.7 Å². The van der Waals surface area contributed by atoms with Crippen LogP contribution in [0.5, 0.6) is 0 Å². The molecule has 0 aromatic heterocycles. The summed E-state index contributed by atoms with van der Waals surface area (Å²) in [6.07, 6.45) is 3.72. The van der Waals surface area contributed by atoms with Gasteiger partial charge in [-0.1, -0.05) is 55.4 Å². The van der Waals surface area contributed by atoms with Crippen molar-refractivity contribution in [3.63, 3.8) is 0 Å². The van der Waals surface area contributed by atoms with Crippen LogP contribution in [-0.4, -0.2) is 71.6 Å². The number of hydrogen-bond acceptors (Lipinski definition) is 12. The molecule has 4 aliphatic heterocycles. The highest BCUT2D eigenvalue weighted by molar-refractivity contribution is 6.09. The molecule has 4 atom stereocenters. The fraction of sp³-hybridized carbons (Fsp3) is 0.742. The van der Waals surface area contributed by atoms with Gasteiger partial charge in [0.25, 0.3) is 0 Å². The van der Waals surface area contributed by atoms with Crippen molar-refractivity contribution in [2.45, 2.75) is 125 Å². The lowest BCUT2D eigenvalue weighted by Crippen LogP contribution is -2.18. The minimum absolute atomic E-state index is 0.167. The van der Waals surface area contributed by atoms with E-state index in [9.17, 15) is 19.2 Å². The van der Waals surface area contributed by atoms with E-state index < -0.39 is 24.2 Å². The van der Waals surface area contributed by atoms with Crippen LogP contribution in [0.25, 0.3) is 0 Å². The number of rotatable bonds is 13. The molecular formula is C31H46N4O8. The summed E-state index contributed by atoms with van der Waals surface area (Å²) < 4.78 is 20.6. The number of carbonyl (C=O) groups is 4. The van der Waals surface area contributed by atoms with Gasteiger partial charge in [-0.25, -0.2) is 39.1 Å². The number of ether oxygens (including phenoxy) is 4. The number of nitrogens with zero attached hydrogens (tertiary/aromatic N) is 4. The smallest absolute Gasteiger partial charge is 0.337 e. The van der Waals surface area contributed by atoms with Crippen LogP contribution in [0.2, 0.25) is 0 Å². The molecule has 4 rings (SSSR count). The third-order valence-electron chi connectivity index (χ3n) is 6.80. The summed E-state index contributed by atoms with van der Waals surface area (Å²) in [4.78, 5) is 63.9. The molecule has 12 heteroatoms. The van der Waals surface area contributed by atoms with E-state index in [1.54, 1.807) is 0 Å². The maximum absolute atomic E-state index is 11.7. The van der Waals surface area contributed by atoms with E-state index in [0.717, 1.165) is 0 Å². The van der Waals surface area contributed by atoms with Crippen molar-refractivity contribution in [3.05, 3.63) is 0 Å². The summed E-state index contributed by atoms with van der Waals surface area (Å²) >= 11 is 0. The van der Waals surface area contributed by atoms with E-state index in [1.165, 1.54) is 0 Å². The Kier molecular flexibility index (Phi) is 12.1. The van der Waals surface area contributed by atoms with E-state index in [2.05, 4.69) is 20.0 Å².